The van der Waals surface area contributed by atoms with E-state index in [1.54, 1.807) is 0 Å². The standard InChI is InChI=1S/C9H19NS/c1-9(2)5-8-11-7-4-3-6-10/h3-4,9H,5-8,10H2,1-2H3/b4-3+. The monoisotopic (exact) mass is 173 g/mol. The molecule has 0 aliphatic heterocycles. The third kappa shape index (κ3) is 10.1. The minimum absolute atomic E-state index is 0.671. The summed E-state index contributed by atoms with van der Waals surface area (Å²) in [6, 6.07) is 0. The first-order valence-electron chi connectivity index (χ1n) is 4.20. The summed E-state index contributed by atoms with van der Waals surface area (Å²) in [5.41, 5.74) is 5.30. The fourth-order valence-electron chi connectivity index (χ4n) is 0.635. The van der Waals surface area contributed by atoms with Gasteiger partial charge in [-0.15, -0.1) is 0 Å². The van der Waals surface area contributed by atoms with Crippen LogP contribution in [0.4, 0.5) is 0 Å². The van der Waals surface area contributed by atoms with Crippen LogP contribution in [0.1, 0.15) is 20.3 Å². The highest BCUT2D eigenvalue weighted by Crippen LogP contribution is 2.08. The molecule has 0 rings (SSSR count). The highest BCUT2D eigenvalue weighted by Gasteiger charge is 1.91. The number of thioether (sulfide) groups is 1. The van der Waals surface area contributed by atoms with Crippen molar-refractivity contribution in [3.05, 3.63) is 12.2 Å². The predicted molar refractivity (Wildman–Crippen MR) is 55.0 cm³/mol. The molecule has 66 valence electrons. The molecule has 0 saturated carbocycles. The normalized spacial score (nSPS) is 11.6. The van der Waals surface area contributed by atoms with Gasteiger partial charge in [-0.3, -0.25) is 0 Å². The van der Waals surface area contributed by atoms with Gasteiger partial charge in [0.15, 0.2) is 0 Å². The Balaban J connectivity index is 2.96. The Kier molecular flexibility index (Phi) is 8.19. The third-order valence-electron chi connectivity index (χ3n) is 1.36. The lowest BCUT2D eigenvalue weighted by molar-refractivity contribution is 0.632. The van der Waals surface area contributed by atoms with Crippen molar-refractivity contribution < 1.29 is 0 Å². The Morgan fingerprint density at radius 2 is 2.09 bits per heavy atom. The van der Waals surface area contributed by atoms with Crippen LogP contribution < -0.4 is 5.73 Å². The van der Waals surface area contributed by atoms with E-state index in [9.17, 15) is 0 Å². The molecule has 2 N–H and O–H groups in total. The summed E-state index contributed by atoms with van der Waals surface area (Å²) in [4.78, 5) is 0. The molecule has 0 unspecified atom stereocenters. The van der Waals surface area contributed by atoms with Crippen molar-refractivity contribution in [1.82, 2.24) is 0 Å². The molecule has 0 heterocycles. The summed E-state index contributed by atoms with van der Waals surface area (Å²) in [6.45, 7) is 5.19. The molecule has 0 aromatic heterocycles. The minimum Gasteiger partial charge on any atom is -0.327 e. The lowest BCUT2D eigenvalue weighted by Crippen LogP contribution is -1.93. The molecule has 0 radical (unpaired) electrons. The molecule has 0 aliphatic carbocycles. The molecular weight excluding hydrogens is 154 g/mol. The van der Waals surface area contributed by atoms with Crippen LogP contribution in [0.5, 0.6) is 0 Å². The second kappa shape index (κ2) is 8.15. The largest absolute Gasteiger partial charge is 0.327 e. The molecule has 0 aromatic carbocycles. The van der Waals surface area contributed by atoms with Gasteiger partial charge in [-0.05, 0) is 18.1 Å². The Morgan fingerprint density at radius 3 is 2.64 bits per heavy atom. The van der Waals surface area contributed by atoms with Gasteiger partial charge < -0.3 is 5.73 Å². The first kappa shape index (κ1) is 11.1. The van der Waals surface area contributed by atoms with Gasteiger partial charge in [0, 0.05) is 12.3 Å². The van der Waals surface area contributed by atoms with Crippen molar-refractivity contribution in [2.75, 3.05) is 18.1 Å². The number of hydrogen-bond acceptors (Lipinski definition) is 2. The topological polar surface area (TPSA) is 26.0 Å². The van der Waals surface area contributed by atoms with E-state index in [1.165, 1.54) is 12.2 Å². The number of rotatable bonds is 6. The van der Waals surface area contributed by atoms with E-state index in [0.717, 1.165) is 11.7 Å². The van der Waals surface area contributed by atoms with Crippen molar-refractivity contribution in [3.63, 3.8) is 0 Å². The van der Waals surface area contributed by atoms with Gasteiger partial charge in [0.05, 0.1) is 0 Å². The maximum atomic E-state index is 5.30. The van der Waals surface area contributed by atoms with E-state index >= 15 is 0 Å². The maximum absolute atomic E-state index is 5.30. The first-order valence-corrected chi connectivity index (χ1v) is 5.35. The molecule has 0 spiro atoms. The van der Waals surface area contributed by atoms with Crippen LogP contribution in [-0.2, 0) is 0 Å². The van der Waals surface area contributed by atoms with Crippen LogP contribution in [0.2, 0.25) is 0 Å². The Morgan fingerprint density at radius 1 is 1.36 bits per heavy atom. The molecule has 0 atom stereocenters. The van der Waals surface area contributed by atoms with Crippen LogP contribution in [-0.4, -0.2) is 18.1 Å². The molecule has 2 heteroatoms. The van der Waals surface area contributed by atoms with Gasteiger partial charge in [-0.2, -0.15) is 11.8 Å². The van der Waals surface area contributed by atoms with Gasteiger partial charge in [0.2, 0.25) is 0 Å². The number of hydrogen-bond donors (Lipinski definition) is 1. The lowest BCUT2D eigenvalue weighted by atomic mass is 10.2. The van der Waals surface area contributed by atoms with Crippen LogP contribution in [0, 0.1) is 5.92 Å². The zero-order valence-corrected chi connectivity index (χ0v) is 8.36. The summed E-state index contributed by atoms with van der Waals surface area (Å²) >= 11 is 1.98. The number of nitrogens with two attached hydrogens (primary N) is 1. The van der Waals surface area contributed by atoms with E-state index in [1.807, 2.05) is 17.8 Å². The van der Waals surface area contributed by atoms with Gasteiger partial charge in [-0.1, -0.05) is 26.0 Å². The average Bonchev–Trinajstić information content (AvgIpc) is 1.96. The smallest absolute Gasteiger partial charge is 0.0113 e. The highest BCUT2D eigenvalue weighted by atomic mass is 32.2. The fourth-order valence-corrected chi connectivity index (χ4v) is 1.71. The first-order chi connectivity index (χ1) is 5.27. The third-order valence-corrected chi connectivity index (χ3v) is 2.31. The summed E-state index contributed by atoms with van der Waals surface area (Å²) in [7, 11) is 0. The zero-order valence-electron chi connectivity index (χ0n) is 7.55. The molecule has 11 heavy (non-hydrogen) atoms. The second-order valence-electron chi connectivity index (χ2n) is 2.96. The predicted octanol–water partition coefficient (Wildman–Crippen LogP) is 2.28. The van der Waals surface area contributed by atoms with Gasteiger partial charge in [-0.25, -0.2) is 0 Å². The molecule has 0 saturated heterocycles. The average molecular weight is 173 g/mol. The molecule has 0 amide bonds. The van der Waals surface area contributed by atoms with E-state index < -0.39 is 0 Å². The summed E-state index contributed by atoms with van der Waals surface area (Å²) in [5.74, 6) is 3.22. The summed E-state index contributed by atoms with van der Waals surface area (Å²) < 4.78 is 0. The van der Waals surface area contributed by atoms with E-state index in [4.69, 9.17) is 5.73 Å². The van der Waals surface area contributed by atoms with Crippen molar-refractivity contribution in [2.24, 2.45) is 11.7 Å². The van der Waals surface area contributed by atoms with Crippen LogP contribution >= 0.6 is 11.8 Å². The zero-order chi connectivity index (χ0) is 8.53. The minimum atomic E-state index is 0.671. The van der Waals surface area contributed by atoms with Gasteiger partial charge in [0.25, 0.3) is 0 Å². The molecule has 0 aliphatic rings. The Labute approximate surface area is 74.4 Å². The maximum Gasteiger partial charge on any atom is 0.0113 e. The van der Waals surface area contributed by atoms with Crippen molar-refractivity contribution >= 4 is 11.8 Å². The summed E-state index contributed by atoms with van der Waals surface area (Å²) in [6.07, 6.45) is 5.48. The molecule has 1 nitrogen and oxygen atoms in total. The molecule has 0 aromatic rings. The van der Waals surface area contributed by atoms with E-state index in [0.29, 0.717) is 6.54 Å². The molecular formula is C9H19NS. The van der Waals surface area contributed by atoms with Crippen LogP contribution in [0.25, 0.3) is 0 Å². The van der Waals surface area contributed by atoms with Gasteiger partial charge >= 0.3 is 0 Å². The van der Waals surface area contributed by atoms with Crippen molar-refractivity contribution in [3.8, 4) is 0 Å². The van der Waals surface area contributed by atoms with Crippen LogP contribution in [0.3, 0.4) is 0 Å². The van der Waals surface area contributed by atoms with Crippen molar-refractivity contribution in [1.29, 1.82) is 0 Å². The highest BCUT2D eigenvalue weighted by molar-refractivity contribution is 7.99. The quantitative estimate of drug-likeness (QED) is 0.492. The van der Waals surface area contributed by atoms with Gasteiger partial charge in [0.1, 0.15) is 0 Å². The van der Waals surface area contributed by atoms with E-state index in [-0.39, 0.29) is 0 Å². The molecule has 0 fully saturated rings. The molecule has 0 bridgehead atoms. The van der Waals surface area contributed by atoms with E-state index in [2.05, 4.69) is 19.9 Å². The second-order valence-corrected chi connectivity index (χ2v) is 4.11. The summed E-state index contributed by atoms with van der Waals surface area (Å²) in [5, 5.41) is 0. The van der Waals surface area contributed by atoms with Crippen LogP contribution in [0.15, 0.2) is 12.2 Å². The Bertz CT molecular complexity index is 99.7. The lowest BCUT2D eigenvalue weighted by Gasteiger charge is -2.01. The van der Waals surface area contributed by atoms with Crippen molar-refractivity contribution in [2.45, 2.75) is 20.3 Å². The fraction of sp³-hybridized carbons (Fsp3) is 0.778. The SMILES string of the molecule is CC(C)CCSC/C=C/CN. The Hall–Kier alpha value is 0.0500.